The molecule has 0 fully saturated rings. The van der Waals surface area contributed by atoms with E-state index < -0.39 is 11.5 Å². The number of hydrogen-bond donors (Lipinski definition) is 1. The molecular formula is C13H13ClN2O2S. The lowest BCUT2D eigenvalue weighted by Crippen LogP contribution is -2.41. The molecule has 19 heavy (non-hydrogen) atoms. The average Bonchev–Trinajstić information content (AvgIpc) is 2.92. The monoisotopic (exact) mass is 296 g/mol. The molecule has 4 nitrogen and oxygen atoms in total. The fourth-order valence-electron chi connectivity index (χ4n) is 1.72. The van der Waals surface area contributed by atoms with Gasteiger partial charge in [0.1, 0.15) is 5.01 Å². The Hall–Kier alpha value is -1.59. The van der Waals surface area contributed by atoms with Gasteiger partial charge in [-0.2, -0.15) is 0 Å². The maximum Gasteiger partial charge on any atom is 0.338 e. The molecule has 0 amide bonds. The second-order valence-corrected chi connectivity index (χ2v) is 5.42. The number of benzene rings is 1. The molecular weight excluding hydrogens is 284 g/mol. The molecule has 0 aliphatic carbocycles. The number of anilines is 1. The smallest absolute Gasteiger partial charge is 0.338 e. The van der Waals surface area contributed by atoms with Gasteiger partial charge in [-0.1, -0.05) is 17.7 Å². The maximum absolute atomic E-state index is 12.1. The van der Waals surface area contributed by atoms with Crippen LogP contribution >= 0.6 is 22.9 Å². The van der Waals surface area contributed by atoms with E-state index in [0.717, 1.165) is 5.69 Å². The molecule has 6 heteroatoms. The SMILES string of the molecule is COC(=O)C(C)(Nc1cccc(Cl)c1)c1nccs1. The highest BCUT2D eigenvalue weighted by molar-refractivity contribution is 7.09. The molecule has 1 N–H and O–H groups in total. The van der Waals surface area contributed by atoms with Crippen LogP contribution in [0, 0.1) is 0 Å². The van der Waals surface area contributed by atoms with Gasteiger partial charge in [0.05, 0.1) is 7.11 Å². The van der Waals surface area contributed by atoms with Gasteiger partial charge in [-0.25, -0.2) is 9.78 Å². The van der Waals surface area contributed by atoms with Crippen LogP contribution in [0.25, 0.3) is 0 Å². The number of thiazole rings is 1. The van der Waals surface area contributed by atoms with Gasteiger partial charge in [-0.05, 0) is 25.1 Å². The highest BCUT2D eigenvalue weighted by atomic mass is 35.5. The first-order chi connectivity index (χ1) is 9.06. The summed E-state index contributed by atoms with van der Waals surface area (Å²) in [5, 5.41) is 6.19. The van der Waals surface area contributed by atoms with Crippen LogP contribution in [0.1, 0.15) is 11.9 Å². The molecule has 1 aromatic carbocycles. The zero-order chi connectivity index (χ0) is 13.9. The summed E-state index contributed by atoms with van der Waals surface area (Å²) in [5.41, 5.74) is -0.302. The number of nitrogens with zero attached hydrogens (tertiary/aromatic N) is 1. The van der Waals surface area contributed by atoms with Crippen LogP contribution in [0.15, 0.2) is 35.8 Å². The average molecular weight is 297 g/mol. The van der Waals surface area contributed by atoms with Crippen molar-refractivity contribution in [1.82, 2.24) is 4.98 Å². The van der Waals surface area contributed by atoms with Gasteiger partial charge in [0, 0.05) is 22.3 Å². The first-order valence-electron chi connectivity index (χ1n) is 5.58. The molecule has 2 aromatic rings. The number of halogens is 1. The molecule has 2 rings (SSSR count). The second-order valence-electron chi connectivity index (χ2n) is 4.09. The van der Waals surface area contributed by atoms with Crippen molar-refractivity contribution in [1.29, 1.82) is 0 Å². The Balaban J connectivity index is 2.37. The lowest BCUT2D eigenvalue weighted by atomic mass is 10.0. The van der Waals surface area contributed by atoms with E-state index in [-0.39, 0.29) is 0 Å². The summed E-state index contributed by atoms with van der Waals surface area (Å²) in [6.45, 7) is 1.73. The number of rotatable bonds is 4. The van der Waals surface area contributed by atoms with Crippen molar-refractivity contribution in [3.05, 3.63) is 45.9 Å². The number of esters is 1. The number of aromatic nitrogens is 1. The molecule has 1 aromatic heterocycles. The number of hydrogen-bond acceptors (Lipinski definition) is 5. The summed E-state index contributed by atoms with van der Waals surface area (Å²) in [5.74, 6) is -0.401. The highest BCUT2D eigenvalue weighted by Crippen LogP contribution is 2.29. The molecule has 0 saturated heterocycles. The molecule has 0 aliphatic heterocycles. The van der Waals surface area contributed by atoms with Gasteiger partial charge >= 0.3 is 5.97 Å². The number of ether oxygens (including phenoxy) is 1. The van der Waals surface area contributed by atoms with Crippen LogP contribution in [-0.2, 0) is 15.1 Å². The second kappa shape index (κ2) is 5.59. The Morgan fingerprint density at radius 2 is 2.32 bits per heavy atom. The third-order valence-corrected chi connectivity index (χ3v) is 3.90. The van der Waals surface area contributed by atoms with Crippen molar-refractivity contribution in [3.8, 4) is 0 Å². The van der Waals surface area contributed by atoms with Crippen LogP contribution in [0.3, 0.4) is 0 Å². The largest absolute Gasteiger partial charge is 0.467 e. The summed E-state index contributed by atoms with van der Waals surface area (Å²) in [6, 6.07) is 7.16. The van der Waals surface area contributed by atoms with Gasteiger partial charge in [0.2, 0.25) is 0 Å². The van der Waals surface area contributed by atoms with E-state index in [4.69, 9.17) is 16.3 Å². The molecule has 0 spiro atoms. The van der Waals surface area contributed by atoms with Gasteiger partial charge in [-0.3, -0.25) is 0 Å². The van der Waals surface area contributed by atoms with Crippen molar-refractivity contribution in [2.24, 2.45) is 0 Å². The minimum Gasteiger partial charge on any atom is -0.467 e. The van der Waals surface area contributed by atoms with E-state index in [2.05, 4.69) is 10.3 Å². The summed E-state index contributed by atoms with van der Waals surface area (Å²) < 4.78 is 4.87. The van der Waals surface area contributed by atoms with Crippen LogP contribution in [0.4, 0.5) is 5.69 Å². The van der Waals surface area contributed by atoms with E-state index in [0.29, 0.717) is 10.0 Å². The number of methoxy groups -OCH3 is 1. The van der Waals surface area contributed by atoms with E-state index in [1.807, 2.05) is 17.5 Å². The molecule has 0 saturated carbocycles. The quantitative estimate of drug-likeness (QED) is 0.880. The molecule has 0 radical (unpaired) electrons. The summed E-state index contributed by atoms with van der Waals surface area (Å²) in [4.78, 5) is 16.3. The van der Waals surface area contributed by atoms with E-state index in [9.17, 15) is 4.79 Å². The fraction of sp³-hybridized carbons (Fsp3) is 0.231. The third-order valence-electron chi connectivity index (χ3n) is 2.67. The minimum absolute atomic E-state index is 0.401. The van der Waals surface area contributed by atoms with Gasteiger partial charge in [0.15, 0.2) is 5.54 Å². The van der Waals surface area contributed by atoms with Crippen molar-refractivity contribution < 1.29 is 9.53 Å². The molecule has 1 unspecified atom stereocenters. The summed E-state index contributed by atoms with van der Waals surface area (Å²) >= 11 is 7.33. The van der Waals surface area contributed by atoms with Crippen LogP contribution in [-0.4, -0.2) is 18.1 Å². The molecule has 100 valence electrons. The first-order valence-corrected chi connectivity index (χ1v) is 6.84. The lowest BCUT2D eigenvalue weighted by molar-refractivity contribution is -0.145. The number of nitrogens with one attached hydrogen (secondary N) is 1. The Bertz CT molecular complexity index is 574. The van der Waals surface area contributed by atoms with Gasteiger partial charge in [-0.15, -0.1) is 11.3 Å². The molecule has 1 heterocycles. The van der Waals surface area contributed by atoms with E-state index in [1.54, 1.807) is 25.3 Å². The lowest BCUT2D eigenvalue weighted by Gasteiger charge is -2.26. The fourth-order valence-corrected chi connectivity index (χ4v) is 2.65. The first kappa shape index (κ1) is 13.8. The normalized spacial score (nSPS) is 13.6. The Morgan fingerprint density at radius 3 is 2.89 bits per heavy atom. The predicted octanol–water partition coefficient (Wildman–Crippen LogP) is 3.30. The van der Waals surface area contributed by atoms with Crippen LogP contribution in [0.5, 0.6) is 0 Å². The third kappa shape index (κ3) is 2.88. The number of carbonyl (C=O) groups excluding carboxylic acids is 1. The molecule has 1 atom stereocenters. The van der Waals surface area contributed by atoms with Crippen molar-refractivity contribution in [2.45, 2.75) is 12.5 Å². The minimum atomic E-state index is -1.03. The van der Waals surface area contributed by atoms with Crippen LogP contribution < -0.4 is 5.32 Å². The standard InChI is InChI=1S/C13H13ClN2O2S/c1-13(12(17)18-2,11-15-6-7-19-11)16-10-5-3-4-9(14)8-10/h3-8,16H,1-2H3. The Kier molecular flexibility index (Phi) is 4.07. The topological polar surface area (TPSA) is 51.2 Å². The zero-order valence-electron chi connectivity index (χ0n) is 10.5. The van der Waals surface area contributed by atoms with E-state index >= 15 is 0 Å². The summed E-state index contributed by atoms with van der Waals surface area (Å²) in [7, 11) is 1.36. The van der Waals surface area contributed by atoms with Gasteiger partial charge < -0.3 is 10.1 Å². The van der Waals surface area contributed by atoms with Crippen LogP contribution in [0.2, 0.25) is 5.02 Å². The number of carbonyl (C=O) groups is 1. The highest BCUT2D eigenvalue weighted by Gasteiger charge is 2.39. The molecule has 0 bridgehead atoms. The zero-order valence-corrected chi connectivity index (χ0v) is 12.1. The van der Waals surface area contributed by atoms with E-state index in [1.165, 1.54) is 18.4 Å². The van der Waals surface area contributed by atoms with Crippen molar-refractivity contribution >= 4 is 34.6 Å². The molecule has 0 aliphatic rings. The Morgan fingerprint density at radius 1 is 1.53 bits per heavy atom. The van der Waals surface area contributed by atoms with Crippen molar-refractivity contribution in [3.63, 3.8) is 0 Å². The summed E-state index contributed by atoms with van der Waals surface area (Å²) in [6.07, 6.45) is 1.65. The van der Waals surface area contributed by atoms with Crippen molar-refractivity contribution in [2.75, 3.05) is 12.4 Å². The Labute approximate surface area is 120 Å². The van der Waals surface area contributed by atoms with Gasteiger partial charge in [0.25, 0.3) is 0 Å². The predicted molar refractivity (Wildman–Crippen MR) is 76.6 cm³/mol. The maximum atomic E-state index is 12.1.